The van der Waals surface area contributed by atoms with Crippen molar-refractivity contribution in [3.8, 4) is 5.69 Å². The molecule has 1 heterocycles. The predicted molar refractivity (Wildman–Crippen MR) is 65.8 cm³/mol. The Bertz CT molecular complexity index is 465. The Balaban J connectivity index is 2.34. The number of nitrogens with zero attached hydrogens (tertiary/aromatic N) is 2. The van der Waals surface area contributed by atoms with Crippen molar-refractivity contribution in [2.24, 2.45) is 0 Å². The zero-order valence-electron chi connectivity index (χ0n) is 9.99. The van der Waals surface area contributed by atoms with Crippen LogP contribution >= 0.6 is 0 Å². The van der Waals surface area contributed by atoms with Gasteiger partial charge in [-0.15, -0.1) is 0 Å². The van der Waals surface area contributed by atoms with Gasteiger partial charge in [0, 0.05) is 18.3 Å². The summed E-state index contributed by atoms with van der Waals surface area (Å²) in [6.45, 7) is 5.06. The van der Waals surface area contributed by atoms with Gasteiger partial charge in [0.1, 0.15) is 0 Å². The first-order valence-electron chi connectivity index (χ1n) is 5.46. The maximum Gasteiger partial charge on any atom is 0.0650 e. The van der Waals surface area contributed by atoms with Gasteiger partial charge in [-0.3, -0.25) is 0 Å². The molecular formula is C13H17N3. The van der Waals surface area contributed by atoms with E-state index in [2.05, 4.69) is 48.7 Å². The van der Waals surface area contributed by atoms with Gasteiger partial charge in [-0.1, -0.05) is 6.07 Å². The molecule has 84 valence electrons. The van der Waals surface area contributed by atoms with Crippen molar-refractivity contribution in [2.45, 2.75) is 20.4 Å². The molecule has 0 aliphatic rings. The van der Waals surface area contributed by atoms with Gasteiger partial charge in [0.25, 0.3) is 0 Å². The Morgan fingerprint density at radius 1 is 1.19 bits per heavy atom. The second-order valence-corrected chi connectivity index (χ2v) is 4.17. The summed E-state index contributed by atoms with van der Waals surface area (Å²) in [5, 5.41) is 7.48. The van der Waals surface area contributed by atoms with Gasteiger partial charge in [-0.2, -0.15) is 5.10 Å². The molecule has 0 amide bonds. The van der Waals surface area contributed by atoms with Crippen LogP contribution in [-0.4, -0.2) is 16.8 Å². The molecule has 1 N–H and O–H groups in total. The standard InChI is InChI=1S/C13H17N3/c1-10-4-11(2)6-13(5-10)16-9-12(7-14-3)8-15-16/h4-6,8-9,14H,7H2,1-3H3. The van der Waals surface area contributed by atoms with E-state index in [9.17, 15) is 0 Å². The summed E-state index contributed by atoms with van der Waals surface area (Å²) in [6.07, 6.45) is 3.96. The fourth-order valence-corrected chi connectivity index (χ4v) is 1.88. The van der Waals surface area contributed by atoms with E-state index < -0.39 is 0 Å². The van der Waals surface area contributed by atoms with E-state index >= 15 is 0 Å². The van der Waals surface area contributed by atoms with Gasteiger partial charge in [-0.25, -0.2) is 4.68 Å². The Hall–Kier alpha value is -1.61. The van der Waals surface area contributed by atoms with Crippen LogP contribution in [0, 0.1) is 13.8 Å². The van der Waals surface area contributed by atoms with Crippen molar-refractivity contribution in [1.82, 2.24) is 15.1 Å². The van der Waals surface area contributed by atoms with Gasteiger partial charge in [0.05, 0.1) is 11.9 Å². The van der Waals surface area contributed by atoms with Crippen molar-refractivity contribution < 1.29 is 0 Å². The first kappa shape index (κ1) is 10.9. The maximum atomic E-state index is 4.36. The van der Waals surface area contributed by atoms with Gasteiger partial charge >= 0.3 is 0 Å². The molecule has 0 fully saturated rings. The van der Waals surface area contributed by atoms with E-state index in [-0.39, 0.29) is 0 Å². The molecule has 1 aromatic carbocycles. The van der Waals surface area contributed by atoms with Crippen molar-refractivity contribution >= 4 is 0 Å². The Labute approximate surface area is 96.1 Å². The van der Waals surface area contributed by atoms with Crippen molar-refractivity contribution in [3.05, 3.63) is 47.3 Å². The normalized spacial score (nSPS) is 10.7. The number of aromatic nitrogens is 2. The van der Waals surface area contributed by atoms with Crippen LogP contribution in [0.5, 0.6) is 0 Å². The van der Waals surface area contributed by atoms with Crippen LogP contribution in [0.1, 0.15) is 16.7 Å². The van der Waals surface area contributed by atoms with E-state index in [1.54, 1.807) is 0 Å². The molecule has 2 aromatic rings. The average molecular weight is 215 g/mol. The third-order valence-corrected chi connectivity index (χ3v) is 2.49. The number of hydrogen-bond acceptors (Lipinski definition) is 2. The van der Waals surface area contributed by atoms with Crippen LogP contribution in [0.15, 0.2) is 30.6 Å². The van der Waals surface area contributed by atoms with Gasteiger partial charge in [0.15, 0.2) is 0 Å². The Morgan fingerprint density at radius 3 is 2.50 bits per heavy atom. The summed E-state index contributed by atoms with van der Waals surface area (Å²) in [4.78, 5) is 0. The summed E-state index contributed by atoms with van der Waals surface area (Å²) >= 11 is 0. The summed E-state index contributed by atoms with van der Waals surface area (Å²) < 4.78 is 1.92. The highest BCUT2D eigenvalue weighted by Gasteiger charge is 2.01. The third kappa shape index (κ3) is 2.31. The molecule has 3 heteroatoms. The Kier molecular flexibility index (Phi) is 3.06. The lowest BCUT2D eigenvalue weighted by Gasteiger charge is -2.04. The molecule has 0 saturated carbocycles. The quantitative estimate of drug-likeness (QED) is 0.850. The SMILES string of the molecule is CNCc1cnn(-c2cc(C)cc(C)c2)c1. The minimum absolute atomic E-state index is 0.852. The van der Waals surface area contributed by atoms with Crippen molar-refractivity contribution in [2.75, 3.05) is 7.05 Å². The van der Waals surface area contributed by atoms with E-state index in [1.165, 1.54) is 16.7 Å². The van der Waals surface area contributed by atoms with Crippen molar-refractivity contribution in [1.29, 1.82) is 0 Å². The van der Waals surface area contributed by atoms with Crippen LogP contribution in [0.2, 0.25) is 0 Å². The lowest BCUT2D eigenvalue weighted by atomic mass is 10.1. The van der Waals surface area contributed by atoms with Gasteiger partial charge < -0.3 is 5.32 Å². The monoisotopic (exact) mass is 215 g/mol. The van der Waals surface area contributed by atoms with Gasteiger partial charge in [0.2, 0.25) is 0 Å². The van der Waals surface area contributed by atoms with Crippen molar-refractivity contribution in [3.63, 3.8) is 0 Å². The maximum absolute atomic E-state index is 4.36. The summed E-state index contributed by atoms with van der Waals surface area (Å²) in [5.74, 6) is 0. The molecule has 3 nitrogen and oxygen atoms in total. The highest BCUT2D eigenvalue weighted by Crippen LogP contribution is 2.13. The topological polar surface area (TPSA) is 29.9 Å². The third-order valence-electron chi connectivity index (χ3n) is 2.49. The highest BCUT2D eigenvalue weighted by atomic mass is 15.3. The number of nitrogens with one attached hydrogen (secondary N) is 1. The second kappa shape index (κ2) is 4.49. The first-order valence-corrected chi connectivity index (χ1v) is 5.46. The summed E-state index contributed by atoms with van der Waals surface area (Å²) in [6, 6.07) is 6.45. The Morgan fingerprint density at radius 2 is 1.88 bits per heavy atom. The van der Waals surface area contributed by atoms with E-state index in [1.807, 2.05) is 17.9 Å². The fraction of sp³-hybridized carbons (Fsp3) is 0.308. The molecule has 0 saturated heterocycles. The number of rotatable bonds is 3. The summed E-state index contributed by atoms with van der Waals surface area (Å²) in [5.41, 5.74) is 4.85. The molecule has 0 bridgehead atoms. The van der Waals surface area contributed by atoms with Crippen LogP contribution < -0.4 is 5.32 Å². The van der Waals surface area contributed by atoms with E-state index in [0.29, 0.717) is 0 Å². The van der Waals surface area contributed by atoms with E-state index in [0.717, 1.165) is 12.2 Å². The largest absolute Gasteiger partial charge is 0.316 e. The molecule has 16 heavy (non-hydrogen) atoms. The zero-order chi connectivity index (χ0) is 11.5. The summed E-state index contributed by atoms with van der Waals surface area (Å²) in [7, 11) is 1.94. The van der Waals surface area contributed by atoms with Crippen LogP contribution in [0.3, 0.4) is 0 Å². The smallest absolute Gasteiger partial charge is 0.0650 e. The minimum Gasteiger partial charge on any atom is -0.316 e. The lowest BCUT2D eigenvalue weighted by Crippen LogP contribution is -2.03. The second-order valence-electron chi connectivity index (χ2n) is 4.17. The molecule has 0 radical (unpaired) electrons. The van der Waals surface area contributed by atoms with Crippen LogP contribution in [0.25, 0.3) is 5.69 Å². The molecule has 0 unspecified atom stereocenters. The molecule has 0 spiro atoms. The molecular weight excluding hydrogens is 198 g/mol. The van der Waals surface area contributed by atoms with Crippen LogP contribution in [0.4, 0.5) is 0 Å². The molecule has 0 aliphatic heterocycles. The molecule has 0 atom stereocenters. The first-order chi connectivity index (χ1) is 7.69. The fourth-order valence-electron chi connectivity index (χ4n) is 1.88. The molecule has 0 aliphatic carbocycles. The van der Waals surface area contributed by atoms with Crippen LogP contribution in [-0.2, 0) is 6.54 Å². The van der Waals surface area contributed by atoms with Gasteiger partial charge in [-0.05, 0) is 44.2 Å². The van der Waals surface area contributed by atoms with E-state index in [4.69, 9.17) is 0 Å². The number of benzene rings is 1. The lowest BCUT2D eigenvalue weighted by molar-refractivity contribution is 0.816. The highest BCUT2D eigenvalue weighted by molar-refractivity contribution is 5.39. The average Bonchev–Trinajstić information content (AvgIpc) is 2.65. The number of aryl methyl sites for hydroxylation is 2. The predicted octanol–water partition coefficient (Wildman–Crippen LogP) is 2.21. The molecule has 2 rings (SSSR count). The zero-order valence-corrected chi connectivity index (χ0v) is 9.99. The minimum atomic E-state index is 0.852. The molecule has 1 aromatic heterocycles. The number of hydrogen-bond donors (Lipinski definition) is 1.